The van der Waals surface area contributed by atoms with E-state index >= 15 is 0 Å². The molecule has 2 aromatic heterocycles. The number of nitrogens with one attached hydrogen (secondary N) is 1. The third-order valence-electron chi connectivity index (χ3n) is 4.29. The minimum atomic E-state index is 0.243. The molecule has 0 spiro atoms. The highest BCUT2D eigenvalue weighted by Gasteiger charge is 2.17. The number of hydrogen-bond acceptors (Lipinski definition) is 5. The molecule has 6 nitrogen and oxygen atoms in total. The summed E-state index contributed by atoms with van der Waals surface area (Å²) in [5.41, 5.74) is 1.69. The molecule has 0 amide bonds. The second-order valence-electron chi connectivity index (χ2n) is 6.01. The molecule has 0 saturated carbocycles. The molecule has 0 aliphatic carbocycles. The summed E-state index contributed by atoms with van der Waals surface area (Å²) < 4.78 is 7.45. The number of hydrogen-bond donors (Lipinski definition) is 1. The summed E-state index contributed by atoms with van der Waals surface area (Å²) in [6.07, 6.45) is 5.76. The Morgan fingerprint density at radius 1 is 1.28 bits per heavy atom. The Hall–Kier alpha value is -1.89. The standard InChI is InChI=1S/C17H17Cl2N5O/c18-12-4-3-11(15(19)6-12)9-24-17-14(8-23-24)16(21-10-22-17)20-7-13-2-1-5-25-13/h3-4,6,8,10,13H,1-2,5,7,9H2,(H,20,21,22). The summed E-state index contributed by atoms with van der Waals surface area (Å²) in [4.78, 5) is 8.72. The molecule has 3 heterocycles. The number of anilines is 1. The summed E-state index contributed by atoms with van der Waals surface area (Å²) in [5.74, 6) is 0.772. The first-order chi connectivity index (χ1) is 12.2. The maximum Gasteiger partial charge on any atom is 0.163 e. The van der Waals surface area contributed by atoms with E-state index in [1.54, 1.807) is 18.6 Å². The first-order valence-electron chi connectivity index (χ1n) is 8.16. The lowest BCUT2D eigenvalue weighted by atomic mass is 10.2. The fourth-order valence-electron chi connectivity index (χ4n) is 2.98. The molecule has 0 bridgehead atoms. The maximum absolute atomic E-state index is 6.27. The quantitative estimate of drug-likeness (QED) is 0.732. The zero-order chi connectivity index (χ0) is 17.2. The van der Waals surface area contributed by atoms with Crippen molar-refractivity contribution in [2.24, 2.45) is 0 Å². The highest BCUT2D eigenvalue weighted by Crippen LogP contribution is 2.24. The van der Waals surface area contributed by atoms with Gasteiger partial charge in [0.25, 0.3) is 0 Å². The van der Waals surface area contributed by atoms with Crippen molar-refractivity contribution in [3.8, 4) is 0 Å². The van der Waals surface area contributed by atoms with E-state index in [4.69, 9.17) is 27.9 Å². The van der Waals surface area contributed by atoms with Crippen LogP contribution in [0.2, 0.25) is 10.0 Å². The minimum absolute atomic E-state index is 0.243. The molecule has 4 rings (SSSR count). The van der Waals surface area contributed by atoms with Crippen LogP contribution in [0.15, 0.2) is 30.7 Å². The van der Waals surface area contributed by atoms with Gasteiger partial charge < -0.3 is 10.1 Å². The lowest BCUT2D eigenvalue weighted by molar-refractivity contribution is 0.120. The van der Waals surface area contributed by atoms with Crippen LogP contribution in [-0.4, -0.2) is 39.0 Å². The number of benzene rings is 1. The molecule has 25 heavy (non-hydrogen) atoms. The second kappa shape index (κ2) is 7.15. The van der Waals surface area contributed by atoms with E-state index in [-0.39, 0.29) is 6.10 Å². The van der Waals surface area contributed by atoms with Gasteiger partial charge in [-0.1, -0.05) is 29.3 Å². The first kappa shape index (κ1) is 16.6. The molecule has 130 valence electrons. The molecule has 1 aromatic carbocycles. The maximum atomic E-state index is 6.27. The van der Waals surface area contributed by atoms with Crippen molar-refractivity contribution in [1.29, 1.82) is 0 Å². The molecular formula is C17H17Cl2N5O. The van der Waals surface area contributed by atoms with Crippen molar-refractivity contribution in [2.45, 2.75) is 25.5 Å². The number of rotatable bonds is 5. The van der Waals surface area contributed by atoms with Crippen molar-refractivity contribution < 1.29 is 4.74 Å². The average Bonchev–Trinajstić information content (AvgIpc) is 3.26. The minimum Gasteiger partial charge on any atom is -0.376 e. The van der Waals surface area contributed by atoms with Crippen LogP contribution in [0.3, 0.4) is 0 Å². The number of ether oxygens (including phenoxy) is 1. The Kier molecular flexibility index (Phi) is 4.74. The predicted octanol–water partition coefficient (Wildman–Crippen LogP) is 3.77. The molecule has 1 N–H and O–H groups in total. The van der Waals surface area contributed by atoms with Crippen LogP contribution in [0.5, 0.6) is 0 Å². The molecule has 1 aliphatic heterocycles. The van der Waals surface area contributed by atoms with Crippen molar-refractivity contribution in [1.82, 2.24) is 19.7 Å². The fraction of sp³-hybridized carbons (Fsp3) is 0.353. The van der Waals surface area contributed by atoms with Gasteiger partial charge in [-0.15, -0.1) is 0 Å². The van der Waals surface area contributed by atoms with Crippen LogP contribution in [0.1, 0.15) is 18.4 Å². The predicted molar refractivity (Wildman–Crippen MR) is 98.4 cm³/mol. The van der Waals surface area contributed by atoms with Gasteiger partial charge in [0.05, 0.1) is 24.2 Å². The average molecular weight is 378 g/mol. The van der Waals surface area contributed by atoms with Gasteiger partial charge in [-0.2, -0.15) is 5.10 Å². The molecule has 1 unspecified atom stereocenters. The third kappa shape index (κ3) is 3.56. The van der Waals surface area contributed by atoms with Crippen LogP contribution in [0, 0.1) is 0 Å². The highest BCUT2D eigenvalue weighted by molar-refractivity contribution is 6.35. The van der Waals surface area contributed by atoms with E-state index in [1.165, 1.54) is 0 Å². The third-order valence-corrected chi connectivity index (χ3v) is 4.88. The van der Waals surface area contributed by atoms with Crippen molar-refractivity contribution >= 4 is 40.1 Å². The number of halogens is 2. The molecule has 0 radical (unpaired) electrons. The first-order valence-corrected chi connectivity index (χ1v) is 8.92. The summed E-state index contributed by atoms with van der Waals surface area (Å²) in [5, 5.41) is 9.90. The van der Waals surface area contributed by atoms with Gasteiger partial charge in [0, 0.05) is 23.2 Å². The van der Waals surface area contributed by atoms with Crippen LogP contribution in [-0.2, 0) is 11.3 Å². The molecule has 1 saturated heterocycles. The van der Waals surface area contributed by atoms with Gasteiger partial charge in [0.15, 0.2) is 5.65 Å². The van der Waals surface area contributed by atoms with Gasteiger partial charge in [-0.05, 0) is 30.5 Å². The second-order valence-corrected chi connectivity index (χ2v) is 6.86. The molecule has 1 aliphatic rings. The van der Waals surface area contributed by atoms with E-state index in [1.807, 2.05) is 16.8 Å². The Morgan fingerprint density at radius 2 is 2.20 bits per heavy atom. The zero-order valence-electron chi connectivity index (χ0n) is 13.5. The largest absolute Gasteiger partial charge is 0.376 e. The van der Waals surface area contributed by atoms with E-state index in [0.29, 0.717) is 16.6 Å². The van der Waals surface area contributed by atoms with Crippen molar-refractivity contribution in [3.63, 3.8) is 0 Å². The topological polar surface area (TPSA) is 64.9 Å². The van der Waals surface area contributed by atoms with Crippen molar-refractivity contribution in [2.75, 3.05) is 18.5 Å². The van der Waals surface area contributed by atoms with E-state index in [0.717, 1.165) is 48.4 Å². The number of aromatic nitrogens is 4. The smallest absolute Gasteiger partial charge is 0.163 e. The van der Waals surface area contributed by atoms with Gasteiger partial charge in [0.1, 0.15) is 12.1 Å². The summed E-state index contributed by atoms with van der Waals surface area (Å²) in [6.45, 7) is 2.09. The SMILES string of the molecule is Clc1ccc(Cn2ncc3c(NCC4CCCO4)ncnc32)c(Cl)c1. The van der Waals surface area contributed by atoms with E-state index < -0.39 is 0 Å². The van der Waals surface area contributed by atoms with E-state index in [9.17, 15) is 0 Å². The van der Waals surface area contributed by atoms with Gasteiger partial charge in [-0.25, -0.2) is 14.6 Å². The van der Waals surface area contributed by atoms with Crippen LogP contribution in [0.25, 0.3) is 11.0 Å². The Labute approximate surface area is 155 Å². The van der Waals surface area contributed by atoms with Gasteiger partial charge >= 0.3 is 0 Å². The summed E-state index contributed by atoms with van der Waals surface area (Å²) in [7, 11) is 0. The number of fused-ring (bicyclic) bond motifs is 1. The fourth-order valence-corrected chi connectivity index (χ4v) is 3.44. The van der Waals surface area contributed by atoms with Crippen LogP contribution < -0.4 is 5.32 Å². The Balaban J connectivity index is 1.57. The van der Waals surface area contributed by atoms with Crippen molar-refractivity contribution in [3.05, 3.63) is 46.3 Å². The van der Waals surface area contributed by atoms with Crippen LogP contribution >= 0.6 is 23.2 Å². The van der Waals surface area contributed by atoms with E-state index in [2.05, 4.69) is 20.4 Å². The highest BCUT2D eigenvalue weighted by atomic mass is 35.5. The Morgan fingerprint density at radius 3 is 3.00 bits per heavy atom. The lowest BCUT2D eigenvalue weighted by Crippen LogP contribution is -2.19. The molecular weight excluding hydrogens is 361 g/mol. The van der Waals surface area contributed by atoms with Crippen LogP contribution in [0.4, 0.5) is 5.82 Å². The normalized spacial score (nSPS) is 17.3. The van der Waals surface area contributed by atoms with Gasteiger partial charge in [0.2, 0.25) is 0 Å². The summed E-state index contributed by atoms with van der Waals surface area (Å²) in [6, 6.07) is 5.45. The molecule has 8 heteroatoms. The molecule has 1 fully saturated rings. The number of nitrogens with zero attached hydrogens (tertiary/aromatic N) is 4. The van der Waals surface area contributed by atoms with Gasteiger partial charge in [-0.3, -0.25) is 0 Å². The monoisotopic (exact) mass is 377 g/mol. The molecule has 3 aromatic rings. The lowest BCUT2D eigenvalue weighted by Gasteiger charge is -2.11. The molecule has 1 atom stereocenters. The zero-order valence-corrected chi connectivity index (χ0v) is 15.0. The Bertz CT molecular complexity index is 892. The summed E-state index contributed by atoms with van der Waals surface area (Å²) >= 11 is 12.2.